The zero-order chi connectivity index (χ0) is 18.7. The van der Waals surface area contributed by atoms with Gasteiger partial charge in [0, 0.05) is 30.7 Å². The van der Waals surface area contributed by atoms with E-state index in [9.17, 15) is 9.59 Å². The Morgan fingerprint density at radius 2 is 1.88 bits per heavy atom. The molecule has 2 aromatic heterocycles. The number of ether oxygens (including phenoxy) is 1. The van der Waals surface area contributed by atoms with Gasteiger partial charge in [0.25, 0.3) is 5.56 Å². The van der Waals surface area contributed by atoms with E-state index in [1.165, 1.54) is 4.57 Å². The first-order valence-corrected chi connectivity index (χ1v) is 9.69. The first-order chi connectivity index (χ1) is 12.6. The molecule has 0 bridgehead atoms. The van der Waals surface area contributed by atoms with Gasteiger partial charge in [-0.1, -0.05) is 19.1 Å². The number of nitrogens with zero attached hydrogens (tertiary/aromatic N) is 3. The van der Waals surface area contributed by atoms with Gasteiger partial charge in [-0.15, -0.1) is 11.8 Å². The fourth-order valence-electron chi connectivity index (χ4n) is 2.96. The molecule has 0 spiro atoms. The lowest BCUT2D eigenvalue weighted by molar-refractivity contribution is 0.188. The van der Waals surface area contributed by atoms with Gasteiger partial charge in [0.15, 0.2) is 11.2 Å². The summed E-state index contributed by atoms with van der Waals surface area (Å²) in [6, 6.07) is 7.99. The second-order valence-corrected chi connectivity index (χ2v) is 6.77. The van der Waals surface area contributed by atoms with Crippen LogP contribution in [0.2, 0.25) is 0 Å². The van der Waals surface area contributed by atoms with Gasteiger partial charge in [-0.25, -0.2) is 9.78 Å². The summed E-state index contributed by atoms with van der Waals surface area (Å²) in [7, 11) is 1.61. The highest BCUT2D eigenvalue weighted by Gasteiger charge is 2.19. The largest absolute Gasteiger partial charge is 0.383 e. The van der Waals surface area contributed by atoms with E-state index in [1.54, 1.807) is 18.9 Å². The minimum absolute atomic E-state index is 0.402. The number of aryl methyl sites for hydroxylation is 1. The molecule has 138 valence electrons. The number of aromatic nitrogens is 4. The van der Waals surface area contributed by atoms with E-state index in [0.717, 1.165) is 16.9 Å². The number of fused-ring (bicyclic) bond motifs is 1. The van der Waals surface area contributed by atoms with Gasteiger partial charge in [-0.05, 0) is 24.8 Å². The molecule has 1 N–H and O–H groups in total. The van der Waals surface area contributed by atoms with Gasteiger partial charge < -0.3 is 9.30 Å². The van der Waals surface area contributed by atoms with Gasteiger partial charge >= 0.3 is 5.69 Å². The average molecular weight is 374 g/mol. The number of methoxy groups -OCH3 is 1. The van der Waals surface area contributed by atoms with Crippen molar-refractivity contribution in [2.24, 2.45) is 0 Å². The molecule has 1 aromatic carbocycles. The number of aromatic amines is 1. The second-order valence-electron chi connectivity index (χ2n) is 5.89. The van der Waals surface area contributed by atoms with Gasteiger partial charge in [0.05, 0.1) is 6.61 Å². The molecule has 0 atom stereocenters. The Morgan fingerprint density at radius 3 is 2.50 bits per heavy atom. The number of nitrogens with one attached hydrogen (secondary N) is 1. The van der Waals surface area contributed by atoms with Crippen molar-refractivity contribution in [1.82, 2.24) is 19.1 Å². The van der Waals surface area contributed by atoms with E-state index in [2.05, 4.69) is 9.97 Å². The van der Waals surface area contributed by atoms with Crippen molar-refractivity contribution in [3.63, 3.8) is 0 Å². The van der Waals surface area contributed by atoms with E-state index in [1.807, 2.05) is 42.0 Å². The van der Waals surface area contributed by atoms with E-state index in [4.69, 9.17) is 4.74 Å². The number of rotatable bonds is 7. The van der Waals surface area contributed by atoms with E-state index in [-0.39, 0.29) is 0 Å². The topological polar surface area (TPSA) is 81.9 Å². The summed E-state index contributed by atoms with van der Waals surface area (Å²) in [5, 5.41) is 0. The third kappa shape index (κ3) is 3.34. The lowest BCUT2D eigenvalue weighted by atomic mass is 10.2. The summed E-state index contributed by atoms with van der Waals surface area (Å²) < 4.78 is 8.56. The van der Waals surface area contributed by atoms with Crippen LogP contribution in [0.15, 0.2) is 38.8 Å². The Hall–Kier alpha value is -2.32. The SMILES string of the molecule is CCCn1c(=O)[nH]c(=O)c2c1nc(-c1ccc(SC)cc1)n2CCOC. The van der Waals surface area contributed by atoms with Crippen molar-refractivity contribution >= 4 is 22.9 Å². The molecule has 0 amide bonds. The molecule has 0 saturated heterocycles. The smallest absolute Gasteiger partial charge is 0.330 e. The molecule has 7 nitrogen and oxygen atoms in total. The van der Waals surface area contributed by atoms with Crippen LogP contribution in [0.25, 0.3) is 22.6 Å². The van der Waals surface area contributed by atoms with Crippen LogP contribution < -0.4 is 11.2 Å². The molecule has 8 heteroatoms. The maximum atomic E-state index is 12.5. The van der Waals surface area contributed by atoms with Crippen LogP contribution in [0.4, 0.5) is 0 Å². The van der Waals surface area contributed by atoms with Gasteiger partial charge in [-0.3, -0.25) is 14.3 Å². The number of benzene rings is 1. The number of imidazole rings is 1. The van der Waals surface area contributed by atoms with Gasteiger partial charge in [0.2, 0.25) is 0 Å². The van der Waals surface area contributed by atoms with E-state index in [0.29, 0.717) is 36.7 Å². The number of H-pyrrole nitrogens is 1. The molecule has 0 saturated carbocycles. The fourth-order valence-corrected chi connectivity index (χ4v) is 3.37. The lowest BCUT2D eigenvalue weighted by Crippen LogP contribution is -2.31. The summed E-state index contributed by atoms with van der Waals surface area (Å²) in [5.74, 6) is 0.658. The molecule has 0 aliphatic rings. The van der Waals surface area contributed by atoms with Crippen LogP contribution in [-0.4, -0.2) is 39.1 Å². The minimum Gasteiger partial charge on any atom is -0.383 e. The van der Waals surface area contributed by atoms with Crippen molar-refractivity contribution < 1.29 is 4.74 Å². The predicted octanol–water partition coefficient (Wildman–Crippen LogP) is 2.33. The number of hydrogen-bond donors (Lipinski definition) is 1. The van der Waals surface area contributed by atoms with Crippen LogP contribution in [0.1, 0.15) is 13.3 Å². The molecule has 26 heavy (non-hydrogen) atoms. The summed E-state index contributed by atoms with van der Waals surface area (Å²) >= 11 is 1.66. The molecule has 3 aromatic rings. The highest BCUT2D eigenvalue weighted by atomic mass is 32.2. The highest BCUT2D eigenvalue weighted by molar-refractivity contribution is 7.98. The van der Waals surface area contributed by atoms with Gasteiger partial charge in [0.1, 0.15) is 5.82 Å². The minimum atomic E-state index is -0.426. The zero-order valence-electron chi connectivity index (χ0n) is 15.1. The molecular weight excluding hydrogens is 352 g/mol. The van der Waals surface area contributed by atoms with Crippen molar-refractivity contribution in [1.29, 1.82) is 0 Å². The average Bonchev–Trinajstić information content (AvgIpc) is 3.03. The Kier molecular flexibility index (Phi) is 5.63. The van der Waals surface area contributed by atoms with Crippen LogP contribution in [0.3, 0.4) is 0 Å². The Labute approximate surface area is 155 Å². The molecule has 0 radical (unpaired) electrons. The maximum Gasteiger partial charge on any atom is 0.330 e. The number of hydrogen-bond acceptors (Lipinski definition) is 5. The Balaban J connectivity index is 2.29. The molecule has 3 rings (SSSR count). The fraction of sp³-hybridized carbons (Fsp3) is 0.389. The standard InChI is InChI=1S/C18H22N4O3S/c1-4-9-22-16-14(17(23)20-18(22)24)21(10-11-25-2)15(19-16)12-5-7-13(26-3)8-6-12/h5-8H,4,9-11H2,1-3H3,(H,20,23,24). The molecule has 0 aliphatic carbocycles. The quantitative estimate of drug-likeness (QED) is 0.642. The first-order valence-electron chi connectivity index (χ1n) is 8.47. The number of thioether (sulfide) groups is 1. The highest BCUT2D eigenvalue weighted by Crippen LogP contribution is 2.25. The third-order valence-corrected chi connectivity index (χ3v) is 4.94. The van der Waals surface area contributed by atoms with Crippen molar-refractivity contribution in [2.75, 3.05) is 20.0 Å². The monoisotopic (exact) mass is 374 g/mol. The molecule has 0 fully saturated rings. The van der Waals surface area contributed by atoms with Crippen molar-refractivity contribution in [3.05, 3.63) is 45.1 Å². The maximum absolute atomic E-state index is 12.5. The van der Waals surface area contributed by atoms with Crippen LogP contribution >= 0.6 is 11.8 Å². The Bertz CT molecular complexity index is 1020. The summed E-state index contributed by atoms with van der Waals surface area (Å²) in [6.07, 6.45) is 2.79. The zero-order valence-corrected chi connectivity index (χ0v) is 15.9. The normalized spacial score (nSPS) is 11.3. The van der Waals surface area contributed by atoms with Crippen LogP contribution in [-0.2, 0) is 17.8 Å². The van der Waals surface area contributed by atoms with Crippen LogP contribution in [0, 0.1) is 0 Å². The third-order valence-electron chi connectivity index (χ3n) is 4.20. The second kappa shape index (κ2) is 7.92. The molecule has 0 aliphatic heterocycles. The van der Waals surface area contributed by atoms with Crippen LogP contribution in [0.5, 0.6) is 0 Å². The predicted molar refractivity (Wildman–Crippen MR) is 104 cm³/mol. The van der Waals surface area contributed by atoms with Gasteiger partial charge in [-0.2, -0.15) is 0 Å². The first kappa shape index (κ1) is 18.5. The Morgan fingerprint density at radius 1 is 1.15 bits per heavy atom. The van der Waals surface area contributed by atoms with E-state index >= 15 is 0 Å². The summed E-state index contributed by atoms with van der Waals surface area (Å²) in [5.41, 5.74) is 0.864. The van der Waals surface area contributed by atoms with Crippen molar-refractivity contribution in [3.8, 4) is 11.4 Å². The lowest BCUT2D eigenvalue weighted by Gasteiger charge is -2.09. The van der Waals surface area contributed by atoms with Crippen molar-refractivity contribution in [2.45, 2.75) is 31.3 Å². The molecule has 0 unspecified atom stereocenters. The molecule has 2 heterocycles. The van der Waals surface area contributed by atoms with E-state index < -0.39 is 11.2 Å². The summed E-state index contributed by atoms with van der Waals surface area (Å²) in [6.45, 7) is 3.39. The summed E-state index contributed by atoms with van der Waals surface area (Å²) in [4.78, 5) is 33.0. The molecular formula is C18H22N4O3S.